The van der Waals surface area contributed by atoms with Gasteiger partial charge in [-0.1, -0.05) is 6.92 Å². The van der Waals surface area contributed by atoms with Crippen LogP contribution in [0.3, 0.4) is 0 Å². The van der Waals surface area contributed by atoms with Crippen molar-refractivity contribution >= 4 is 39.8 Å². The number of hydrogen-bond acceptors (Lipinski definition) is 4. The van der Waals surface area contributed by atoms with Crippen LogP contribution in [-0.2, 0) is 14.6 Å². The molecule has 142 valence electrons. The summed E-state index contributed by atoms with van der Waals surface area (Å²) in [4.78, 5) is 4.27. The molecule has 1 saturated heterocycles. The number of hydrogen-bond donors (Lipinski definition) is 2. The zero-order valence-corrected chi connectivity index (χ0v) is 18.2. The Balaban J connectivity index is 0.00000288. The van der Waals surface area contributed by atoms with E-state index in [4.69, 9.17) is 4.74 Å². The molecule has 0 unspecified atom stereocenters. The van der Waals surface area contributed by atoms with Crippen molar-refractivity contribution in [2.75, 3.05) is 33.1 Å². The van der Waals surface area contributed by atoms with Gasteiger partial charge in [-0.05, 0) is 44.4 Å². The van der Waals surface area contributed by atoms with Gasteiger partial charge < -0.3 is 15.4 Å². The molecule has 2 rings (SSSR count). The smallest absolute Gasteiger partial charge is 0.191 e. The third kappa shape index (κ3) is 5.72. The van der Waals surface area contributed by atoms with E-state index < -0.39 is 14.6 Å². The lowest BCUT2D eigenvalue weighted by Gasteiger charge is -2.36. The number of nitrogens with zero attached hydrogens (tertiary/aromatic N) is 1. The molecule has 1 aliphatic carbocycles. The maximum Gasteiger partial charge on any atom is 0.191 e. The number of rotatable bonds is 4. The Labute approximate surface area is 163 Å². The molecule has 0 bridgehead atoms. The Bertz CT molecular complexity index is 511. The number of aliphatic imine (C=N–C) groups is 1. The van der Waals surface area contributed by atoms with Gasteiger partial charge in [0.05, 0.1) is 4.75 Å². The summed E-state index contributed by atoms with van der Waals surface area (Å²) in [6.45, 7) is 3.69. The Morgan fingerprint density at radius 2 is 1.79 bits per heavy atom. The zero-order chi connectivity index (χ0) is 16.9. The van der Waals surface area contributed by atoms with E-state index in [0.717, 1.165) is 18.8 Å². The van der Waals surface area contributed by atoms with Crippen LogP contribution in [0.5, 0.6) is 0 Å². The highest BCUT2D eigenvalue weighted by Crippen LogP contribution is 2.28. The average molecular weight is 473 g/mol. The van der Waals surface area contributed by atoms with Gasteiger partial charge in [-0.2, -0.15) is 0 Å². The van der Waals surface area contributed by atoms with Crippen molar-refractivity contribution in [1.29, 1.82) is 0 Å². The third-order valence-electron chi connectivity index (χ3n) is 5.35. The molecular formula is C16H32IN3O3S. The minimum Gasteiger partial charge on any atom is -0.381 e. The molecule has 8 heteroatoms. The van der Waals surface area contributed by atoms with Crippen LogP contribution in [0.2, 0.25) is 0 Å². The minimum absolute atomic E-state index is 0. The lowest BCUT2D eigenvalue weighted by molar-refractivity contribution is 0.0756. The van der Waals surface area contributed by atoms with Gasteiger partial charge in [-0.15, -0.1) is 24.0 Å². The van der Waals surface area contributed by atoms with E-state index in [-0.39, 0.29) is 24.0 Å². The fraction of sp³-hybridized carbons (Fsp3) is 0.938. The molecule has 0 spiro atoms. The van der Waals surface area contributed by atoms with Crippen molar-refractivity contribution in [3.63, 3.8) is 0 Å². The van der Waals surface area contributed by atoms with Crippen LogP contribution in [0.1, 0.15) is 45.4 Å². The molecule has 0 amide bonds. The Morgan fingerprint density at radius 1 is 1.21 bits per heavy atom. The minimum atomic E-state index is -3.16. The standard InChI is InChI=1S/C16H31N3O3S.HI/c1-13-4-6-14(7-5-13)19-15(17-2)18-12-16(23(3,20)21)8-10-22-11-9-16;/h13-14H,4-12H2,1-3H3,(H2,17,18,19);1H. The molecule has 2 N–H and O–H groups in total. The first kappa shape index (κ1) is 22.0. The van der Waals surface area contributed by atoms with Crippen molar-refractivity contribution in [3.05, 3.63) is 0 Å². The molecule has 0 atom stereocenters. The molecule has 24 heavy (non-hydrogen) atoms. The number of guanidine groups is 1. The van der Waals surface area contributed by atoms with Gasteiger partial charge in [0.1, 0.15) is 0 Å². The first-order valence-electron chi connectivity index (χ1n) is 8.61. The highest BCUT2D eigenvalue weighted by atomic mass is 127. The molecule has 1 aliphatic heterocycles. The second-order valence-corrected chi connectivity index (χ2v) is 9.50. The average Bonchev–Trinajstić information content (AvgIpc) is 2.53. The van der Waals surface area contributed by atoms with Gasteiger partial charge in [0.2, 0.25) is 0 Å². The summed E-state index contributed by atoms with van der Waals surface area (Å²) < 4.78 is 29.2. The second kappa shape index (κ2) is 9.56. The van der Waals surface area contributed by atoms with E-state index in [1.54, 1.807) is 7.05 Å². The molecule has 1 heterocycles. The van der Waals surface area contributed by atoms with Crippen LogP contribution in [0.4, 0.5) is 0 Å². The van der Waals surface area contributed by atoms with E-state index in [0.29, 0.717) is 44.6 Å². The number of nitrogens with one attached hydrogen (secondary N) is 2. The van der Waals surface area contributed by atoms with Crippen molar-refractivity contribution in [2.24, 2.45) is 10.9 Å². The highest BCUT2D eigenvalue weighted by Gasteiger charge is 2.42. The van der Waals surface area contributed by atoms with Crippen molar-refractivity contribution in [3.8, 4) is 0 Å². The predicted molar refractivity (Wildman–Crippen MR) is 109 cm³/mol. The fourth-order valence-corrected chi connectivity index (χ4v) is 4.70. The van der Waals surface area contributed by atoms with Crippen LogP contribution >= 0.6 is 24.0 Å². The Morgan fingerprint density at radius 3 is 2.29 bits per heavy atom. The zero-order valence-electron chi connectivity index (χ0n) is 15.0. The fourth-order valence-electron chi connectivity index (χ4n) is 3.46. The number of halogens is 1. The van der Waals surface area contributed by atoms with Crippen LogP contribution in [0.15, 0.2) is 4.99 Å². The summed E-state index contributed by atoms with van der Waals surface area (Å²) in [6, 6.07) is 0.432. The molecule has 0 aromatic carbocycles. The Kier molecular flexibility index (Phi) is 8.75. The summed E-state index contributed by atoms with van der Waals surface area (Å²) in [5, 5.41) is 6.70. The van der Waals surface area contributed by atoms with Crippen molar-refractivity contribution in [1.82, 2.24) is 10.6 Å². The summed E-state index contributed by atoms with van der Waals surface area (Å²) in [7, 11) is -1.42. The van der Waals surface area contributed by atoms with Gasteiger partial charge >= 0.3 is 0 Å². The normalized spacial score (nSPS) is 27.9. The van der Waals surface area contributed by atoms with Crippen LogP contribution in [-0.4, -0.2) is 58.2 Å². The largest absolute Gasteiger partial charge is 0.381 e. The first-order chi connectivity index (χ1) is 10.9. The first-order valence-corrected chi connectivity index (χ1v) is 10.5. The monoisotopic (exact) mass is 473 g/mol. The maximum absolute atomic E-state index is 12.3. The topological polar surface area (TPSA) is 79.8 Å². The van der Waals surface area contributed by atoms with Gasteiger partial charge in [-0.25, -0.2) is 8.42 Å². The lowest BCUT2D eigenvalue weighted by Crippen LogP contribution is -2.54. The second-order valence-electron chi connectivity index (χ2n) is 7.09. The van der Waals surface area contributed by atoms with Crippen LogP contribution < -0.4 is 10.6 Å². The van der Waals surface area contributed by atoms with E-state index >= 15 is 0 Å². The quantitative estimate of drug-likeness (QED) is 0.371. The summed E-state index contributed by atoms with van der Waals surface area (Å²) in [6.07, 6.45) is 7.17. The number of sulfone groups is 1. The molecule has 2 aliphatic rings. The summed E-state index contributed by atoms with van der Waals surface area (Å²) >= 11 is 0. The van der Waals surface area contributed by atoms with Crippen LogP contribution in [0, 0.1) is 5.92 Å². The van der Waals surface area contributed by atoms with Gasteiger partial charge in [0, 0.05) is 39.1 Å². The van der Waals surface area contributed by atoms with E-state index in [2.05, 4.69) is 22.5 Å². The molecular weight excluding hydrogens is 441 g/mol. The van der Waals surface area contributed by atoms with Gasteiger partial charge in [-0.3, -0.25) is 4.99 Å². The van der Waals surface area contributed by atoms with Gasteiger partial charge in [0.25, 0.3) is 0 Å². The van der Waals surface area contributed by atoms with E-state index in [9.17, 15) is 8.42 Å². The van der Waals surface area contributed by atoms with Gasteiger partial charge in [0.15, 0.2) is 15.8 Å². The maximum atomic E-state index is 12.3. The molecule has 2 fully saturated rings. The third-order valence-corrected chi connectivity index (χ3v) is 7.47. The van der Waals surface area contributed by atoms with E-state index in [1.165, 1.54) is 19.1 Å². The summed E-state index contributed by atoms with van der Waals surface area (Å²) in [5.41, 5.74) is 0. The van der Waals surface area contributed by atoms with Crippen molar-refractivity contribution in [2.45, 2.75) is 56.2 Å². The van der Waals surface area contributed by atoms with Crippen LogP contribution in [0.25, 0.3) is 0 Å². The summed E-state index contributed by atoms with van der Waals surface area (Å²) in [5.74, 6) is 1.51. The highest BCUT2D eigenvalue weighted by molar-refractivity contribution is 14.0. The molecule has 1 saturated carbocycles. The van der Waals surface area contributed by atoms with E-state index in [1.807, 2.05) is 0 Å². The Hall–Kier alpha value is -0.0900. The van der Waals surface area contributed by atoms with Crippen molar-refractivity contribution < 1.29 is 13.2 Å². The molecule has 0 aromatic rings. The number of ether oxygens (including phenoxy) is 1. The lowest BCUT2D eigenvalue weighted by atomic mass is 9.87. The molecule has 6 nitrogen and oxygen atoms in total. The SMILES string of the molecule is CN=C(NCC1(S(C)(=O)=O)CCOCC1)NC1CCC(C)CC1.I. The molecule has 0 aromatic heterocycles. The molecule has 0 radical (unpaired) electrons. The predicted octanol–water partition coefficient (Wildman–Crippen LogP) is 1.94.